The van der Waals surface area contributed by atoms with E-state index in [-0.39, 0.29) is 11.8 Å². The third-order valence-electron chi connectivity index (χ3n) is 3.66. The van der Waals surface area contributed by atoms with Crippen molar-refractivity contribution < 1.29 is 13.5 Å². The minimum atomic E-state index is -3.31. The molecule has 0 amide bonds. The summed E-state index contributed by atoms with van der Waals surface area (Å²) in [6.45, 7) is 1.68. The lowest BCUT2D eigenvalue weighted by atomic mass is 10.0. The Morgan fingerprint density at radius 3 is 2.68 bits per heavy atom. The summed E-state index contributed by atoms with van der Waals surface area (Å²) in [5.41, 5.74) is -1.14. The van der Waals surface area contributed by atoms with E-state index in [0.717, 1.165) is 37.0 Å². The molecule has 0 spiro atoms. The molecule has 0 saturated heterocycles. The van der Waals surface area contributed by atoms with Crippen LogP contribution in [-0.2, 0) is 15.6 Å². The van der Waals surface area contributed by atoms with E-state index in [2.05, 4.69) is 4.72 Å². The summed E-state index contributed by atoms with van der Waals surface area (Å²) in [5.74, 6) is 0. The average molecular weight is 303 g/mol. The Morgan fingerprint density at radius 2 is 2.11 bits per heavy atom. The first-order valence-electron chi connectivity index (χ1n) is 6.67. The Hall–Kier alpha value is -0.430. The van der Waals surface area contributed by atoms with E-state index in [4.69, 9.17) is 0 Å². The molecule has 19 heavy (non-hydrogen) atoms. The maximum absolute atomic E-state index is 12.2. The molecule has 0 aliphatic heterocycles. The van der Waals surface area contributed by atoms with Gasteiger partial charge in [-0.1, -0.05) is 25.3 Å². The first-order chi connectivity index (χ1) is 8.92. The van der Waals surface area contributed by atoms with Crippen LogP contribution in [-0.4, -0.2) is 25.3 Å². The topological polar surface area (TPSA) is 66.4 Å². The zero-order chi connectivity index (χ0) is 13.9. The van der Waals surface area contributed by atoms with Crippen LogP contribution in [0.2, 0.25) is 0 Å². The van der Waals surface area contributed by atoms with Crippen LogP contribution in [0.3, 0.4) is 0 Å². The number of nitrogens with one attached hydrogen (secondary N) is 1. The van der Waals surface area contributed by atoms with Crippen molar-refractivity contribution in [3.8, 4) is 0 Å². The van der Waals surface area contributed by atoms with E-state index >= 15 is 0 Å². The molecule has 1 atom stereocenters. The molecule has 0 aromatic carbocycles. The molecule has 1 aliphatic carbocycles. The molecule has 2 N–H and O–H groups in total. The lowest BCUT2D eigenvalue weighted by Gasteiger charge is -2.26. The van der Waals surface area contributed by atoms with E-state index in [0.29, 0.717) is 0 Å². The van der Waals surface area contributed by atoms with Gasteiger partial charge in [-0.3, -0.25) is 0 Å². The van der Waals surface area contributed by atoms with Crippen LogP contribution in [0.15, 0.2) is 17.5 Å². The van der Waals surface area contributed by atoms with E-state index < -0.39 is 15.6 Å². The second-order valence-corrected chi connectivity index (χ2v) is 8.37. The minimum Gasteiger partial charge on any atom is -0.383 e. The summed E-state index contributed by atoms with van der Waals surface area (Å²) in [6, 6.07) is 3.67. The van der Waals surface area contributed by atoms with Crippen LogP contribution in [0.4, 0.5) is 0 Å². The van der Waals surface area contributed by atoms with Crippen LogP contribution >= 0.6 is 11.3 Å². The van der Waals surface area contributed by atoms with Crippen molar-refractivity contribution in [2.24, 2.45) is 0 Å². The van der Waals surface area contributed by atoms with Crippen LogP contribution < -0.4 is 4.72 Å². The van der Waals surface area contributed by atoms with Crippen molar-refractivity contribution in [3.05, 3.63) is 22.4 Å². The summed E-state index contributed by atoms with van der Waals surface area (Å²) in [7, 11) is -3.31. The molecule has 1 fully saturated rings. The van der Waals surface area contributed by atoms with E-state index in [9.17, 15) is 13.5 Å². The van der Waals surface area contributed by atoms with Crippen LogP contribution in [0.1, 0.15) is 43.9 Å². The molecule has 0 radical (unpaired) electrons. The van der Waals surface area contributed by atoms with Crippen molar-refractivity contribution in [2.45, 2.75) is 49.9 Å². The highest BCUT2D eigenvalue weighted by Crippen LogP contribution is 2.26. The highest BCUT2D eigenvalue weighted by molar-refractivity contribution is 7.90. The lowest BCUT2D eigenvalue weighted by molar-refractivity contribution is 0.0665. The molecule has 1 aliphatic rings. The normalized spacial score (nSPS) is 21.2. The van der Waals surface area contributed by atoms with Gasteiger partial charge in [0.15, 0.2) is 0 Å². The van der Waals surface area contributed by atoms with Gasteiger partial charge < -0.3 is 5.11 Å². The molecule has 2 rings (SSSR count). The quantitative estimate of drug-likeness (QED) is 0.876. The average Bonchev–Trinajstić information content (AvgIpc) is 2.93. The van der Waals surface area contributed by atoms with Crippen molar-refractivity contribution >= 4 is 21.4 Å². The molecule has 108 valence electrons. The van der Waals surface area contributed by atoms with Crippen molar-refractivity contribution in [3.63, 3.8) is 0 Å². The number of hydrogen-bond acceptors (Lipinski definition) is 4. The van der Waals surface area contributed by atoms with Gasteiger partial charge in [-0.25, -0.2) is 13.1 Å². The predicted molar refractivity (Wildman–Crippen MR) is 77.7 cm³/mol. The van der Waals surface area contributed by atoms with Crippen molar-refractivity contribution in [1.29, 1.82) is 0 Å². The third-order valence-corrected chi connectivity index (χ3v) is 6.68. The minimum absolute atomic E-state index is 0.0341. The second-order valence-electron chi connectivity index (χ2n) is 5.38. The van der Waals surface area contributed by atoms with Crippen LogP contribution in [0, 0.1) is 0 Å². The van der Waals surface area contributed by atoms with E-state index in [1.165, 1.54) is 11.3 Å². The highest BCUT2D eigenvalue weighted by Gasteiger charge is 2.31. The first kappa shape index (κ1) is 15.0. The number of hydrogen-bond donors (Lipinski definition) is 2. The fraction of sp³-hybridized carbons (Fsp3) is 0.692. The largest absolute Gasteiger partial charge is 0.383 e. The smallest absolute Gasteiger partial charge is 0.214 e. The maximum Gasteiger partial charge on any atom is 0.214 e. The fourth-order valence-corrected chi connectivity index (χ4v) is 4.87. The van der Waals surface area contributed by atoms with Gasteiger partial charge in [-0.05, 0) is 31.2 Å². The molecule has 0 bridgehead atoms. The van der Waals surface area contributed by atoms with Gasteiger partial charge in [-0.15, -0.1) is 11.3 Å². The fourth-order valence-electron chi connectivity index (χ4n) is 2.41. The third kappa shape index (κ3) is 3.78. The summed E-state index contributed by atoms with van der Waals surface area (Å²) >= 11 is 1.43. The Morgan fingerprint density at radius 1 is 1.42 bits per heavy atom. The predicted octanol–water partition coefficient (Wildman–Crippen LogP) is 2.21. The number of sulfonamides is 1. The summed E-state index contributed by atoms with van der Waals surface area (Å²) < 4.78 is 27.0. The van der Waals surface area contributed by atoms with Gasteiger partial charge in [0, 0.05) is 11.4 Å². The van der Waals surface area contributed by atoms with Crippen molar-refractivity contribution in [1.82, 2.24) is 4.72 Å². The van der Waals surface area contributed by atoms with Gasteiger partial charge in [-0.2, -0.15) is 0 Å². The molecule has 1 aromatic rings. The molecule has 1 aromatic heterocycles. The summed E-state index contributed by atoms with van der Waals surface area (Å²) in [6.07, 6.45) is 4.55. The molecule has 4 nitrogen and oxygen atoms in total. The monoisotopic (exact) mass is 303 g/mol. The molecule has 1 heterocycles. The summed E-state index contributed by atoms with van der Waals surface area (Å²) in [4.78, 5) is 0.777. The SMILES string of the molecule is CC(O)(CNS(=O)(=O)C1CCCCC1)c1cccs1. The van der Waals surface area contributed by atoms with Crippen LogP contribution in [0.25, 0.3) is 0 Å². The zero-order valence-electron chi connectivity index (χ0n) is 11.1. The standard InChI is InChI=1S/C13H21NO3S2/c1-13(15,12-8-5-9-18-12)10-14-19(16,17)11-6-3-2-4-7-11/h5,8-9,11,14-15H,2-4,6-7,10H2,1H3. The van der Waals surface area contributed by atoms with Gasteiger partial charge in [0.05, 0.1) is 5.25 Å². The van der Waals surface area contributed by atoms with E-state index in [1.807, 2.05) is 17.5 Å². The number of thiophene rings is 1. The van der Waals surface area contributed by atoms with Gasteiger partial charge >= 0.3 is 0 Å². The maximum atomic E-state index is 12.2. The first-order valence-corrected chi connectivity index (χ1v) is 9.09. The molecule has 6 heteroatoms. The highest BCUT2D eigenvalue weighted by atomic mass is 32.2. The molecule has 1 saturated carbocycles. The Balaban J connectivity index is 1.97. The Labute approximate surface area is 118 Å². The molecule has 1 unspecified atom stereocenters. The Bertz CT molecular complexity index is 488. The van der Waals surface area contributed by atoms with E-state index in [1.54, 1.807) is 6.92 Å². The lowest BCUT2D eigenvalue weighted by Crippen LogP contribution is -2.42. The summed E-state index contributed by atoms with van der Waals surface area (Å²) in [5, 5.41) is 11.9. The van der Waals surface area contributed by atoms with Gasteiger partial charge in [0.25, 0.3) is 0 Å². The van der Waals surface area contributed by atoms with Crippen molar-refractivity contribution in [2.75, 3.05) is 6.54 Å². The van der Waals surface area contributed by atoms with Gasteiger partial charge in [0.2, 0.25) is 10.0 Å². The zero-order valence-corrected chi connectivity index (χ0v) is 12.8. The van der Waals surface area contributed by atoms with Crippen LogP contribution in [0.5, 0.6) is 0 Å². The van der Waals surface area contributed by atoms with Gasteiger partial charge in [0.1, 0.15) is 5.60 Å². The molecular weight excluding hydrogens is 282 g/mol. The number of aliphatic hydroxyl groups is 1. The molecular formula is C13H21NO3S2. The number of rotatable bonds is 5. The second kappa shape index (κ2) is 5.91. The Kier molecular flexibility index (Phi) is 4.66.